The lowest BCUT2D eigenvalue weighted by Crippen LogP contribution is -2.56. The van der Waals surface area contributed by atoms with Crippen molar-refractivity contribution in [1.82, 2.24) is 14.9 Å². The Bertz CT molecular complexity index is 1270. The normalized spacial score (nSPS) is 18.9. The molecule has 0 aliphatic carbocycles. The fraction of sp³-hybridized carbons (Fsp3) is 0.348. The van der Waals surface area contributed by atoms with Crippen LogP contribution in [0.1, 0.15) is 26.4 Å². The first kappa shape index (κ1) is 21.0. The molecule has 10 heteroatoms. The number of hydrogen-bond acceptors (Lipinski definition) is 7. The number of aromatic nitrogens is 2. The third-order valence-electron chi connectivity index (χ3n) is 6.32. The molecule has 0 saturated carbocycles. The first-order chi connectivity index (χ1) is 16.0. The summed E-state index contributed by atoms with van der Waals surface area (Å²) in [5.74, 6) is -0.433. The Kier molecular flexibility index (Phi) is 4.91. The molecule has 0 bridgehead atoms. The van der Waals surface area contributed by atoms with Gasteiger partial charge >= 0.3 is 0 Å². The largest absolute Gasteiger partial charge is 0.377 e. The van der Waals surface area contributed by atoms with Crippen LogP contribution in [0, 0.1) is 12.7 Å². The maximum absolute atomic E-state index is 15.8. The maximum atomic E-state index is 15.8. The fourth-order valence-corrected chi connectivity index (χ4v) is 6.01. The van der Waals surface area contributed by atoms with Crippen LogP contribution in [-0.4, -0.2) is 53.2 Å². The summed E-state index contributed by atoms with van der Waals surface area (Å²) >= 11 is 7.41. The lowest BCUT2D eigenvalue weighted by Gasteiger charge is -2.45. The second kappa shape index (κ2) is 7.73. The van der Waals surface area contributed by atoms with E-state index >= 15 is 4.39 Å². The zero-order chi connectivity index (χ0) is 22.7. The van der Waals surface area contributed by atoms with E-state index in [9.17, 15) is 4.79 Å². The standard InChI is InChI=1S/C23H20ClFN4O3S/c1-12-6-26-22(27-15-8-31-9-15)28-18(12)19-17(25)16-20(33-19)23(10-32-11-23)29(21(16)30)7-13-3-2-4-14(24)5-13/h2-6,15H,7-11H2,1H3,(H,26,27,28). The topological polar surface area (TPSA) is 76.6 Å². The van der Waals surface area contributed by atoms with Crippen LogP contribution in [0.2, 0.25) is 5.02 Å². The number of nitrogens with one attached hydrogen (secondary N) is 1. The molecule has 1 spiro atoms. The van der Waals surface area contributed by atoms with Crippen LogP contribution in [0.5, 0.6) is 0 Å². The number of carbonyl (C=O) groups is 1. The minimum atomic E-state index is -0.663. The Morgan fingerprint density at radius 3 is 2.82 bits per heavy atom. The van der Waals surface area contributed by atoms with Crippen molar-refractivity contribution in [1.29, 1.82) is 0 Å². The van der Waals surface area contributed by atoms with Gasteiger partial charge in [-0.1, -0.05) is 23.7 Å². The number of ether oxygens (including phenoxy) is 2. The molecular formula is C23H20ClFN4O3S. The average molecular weight is 487 g/mol. The molecule has 3 aromatic rings. The summed E-state index contributed by atoms with van der Waals surface area (Å²) in [5.41, 5.74) is 1.59. The number of benzene rings is 1. The highest BCUT2D eigenvalue weighted by Gasteiger charge is 2.57. The molecule has 0 atom stereocenters. The molecule has 170 valence electrons. The molecule has 1 amide bonds. The number of hydrogen-bond donors (Lipinski definition) is 1. The molecule has 3 aliphatic heterocycles. The second-order valence-corrected chi connectivity index (χ2v) is 10.1. The predicted octanol–water partition coefficient (Wildman–Crippen LogP) is 4.00. The Hall–Kier alpha value is -2.59. The van der Waals surface area contributed by atoms with Crippen LogP contribution in [0.25, 0.3) is 10.6 Å². The molecule has 0 unspecified atom stereocenters. The van der Waals surface area contributed by atoms with Gasteiger partial charge in [-0.05, 0) is 30.2 Å². The van der Waals surface area contributed by atoms with Crippen LogP contribution in [-0.2, 0) is 21.6 Å². The molecule has 2 fully saturated rings. The molecular weight excluding hydrogens is 467 g/mol. The third-order valence-corrected chi connectivity index (χ3v) is 7.92. The van der Waals surface area contributed by atoms with Gasteiger partial charge in [0.05, 0.1) is 53.5 Å². The first-order valence-corrected chi connectivity index (χ1v) is 11.8. The van der Waals surface area contributed by atoms with E-state index in [0.29, 0.717) is 59.4 Å². The van der Waals surface area contributed by atoms with Crippen LogP contribution in [0.15, 0.2) is 30.5 Å². The van der Waals surface area contributed by atoms with Gasteiger partial charge in [-0.2, -0.15) is 0 Å². The van der Waals surface area contributed by atoms with E-state index in [1.165, 1.54) is 11.3 Å². The van der Waals surface area contributed by atoms with E-state index in [1.54, 1.807) is 17.2 Å². The van der Waals surface area contributed by atoms with E-state index < -0.39 is 11.4 Å². The molecule has 2 aromatic heterocycles. The number of aryl methyl sites for hydroxylation is 1. The minimum Gasteiger partial charge on any atom is -0.377 e. The molecule has 1 aromatic carbocycles. The van der Waals surface area contributed by atoms with Crippen molar-refractivity contribution in [2.24, 2.45) is 0 Å². The highest BCUT2D eigenvalue weighted by molar-refractivity contribution is 7.16. The summed E-state index contributed by atoms with van der Waals surface area (Å²) in [6.07, 6.45) is 1.67. The second-order valence-electron chi connectivity index (χ2n) is 8.60. The van der Waals surface area contributed by atoms with E-state index in [-0.39, 0.29) is 17.5 Å². The smallest absolute Gasteiger partial charge is 0.259 e. The van der Waals surface area contributed by atoms with E-state index in [1.807, 2.05) is 25.1 Å². The quantitative estimate of drug-likeness (QED) is 0.587. The van der Waals surface area contributed by atoms with Crippen molar-refractivity contribution in [2.75, 3.05) is 31.7 Å². The van der Waals surface area contributed by atoms with Crippen molar-refractivity contribution in [3.05, 3.63) is 62.9 Å². The molecule has 7 nitrogen and oxygen atoms in total. The number of thiophene rings is 1. The number of carbonyl (C=O) groups excluding carboxylic acids is 1. The van der Waals surface area contributed by atoms with Gasteiger partial charge in [0, 0.05) is 17.8 Å². The Morgan fingerprint density at radius 2 is 2.15 bits per heavy atom. The summed E-state index contributed by atoms with van der Waals surface area (Å²) in [5, 5.41) is 3.80. The van der Waals surface area contributed by atoms with Crippen LogP contribution < -0.4 is 5.32 Å². The summed E-state index contributed by atoms with van der Waals surface area (Å²) in [6.45, 7) is 4.03. The third kappa shape index (κ3) is 3.25. The molecule has 6 rings (SSSR count). The molecule has 0 radical (unpaired) electrons. The molecule has 1 N–H and O–H groups in total. The number of rotatable bonds is 5. The van der Waals surface area contributed by atoms with Gasteiger partial charge in [-0.15, -0.1) is 11.3 Å². The van der Waals surface area contributed by atoms with E-state index in [2.05, 4.69) is 15.3 Å². The SMILES string of the molecule is Cc1cnc(NC2COC2)nc1-c1sc2c(c1F)C(=O)N(Cc1cccc(Cl)c1)C21COC1. The number of anilines is 1. The Morgan fingerprint density at radius 1 is 1.33 bits per heavy atom. The molecule has 33 heavy (non-hydrogen) atoms. The summed E-state index contributed by atoms with van der Waals surface area (Å²) < 4.78 is 26.5. The zero-order valence-corrected chi connectivity index (χ0v) is 19.3. The van der Waals surface area contributed by atoms with Crippen molar-refractivity contribution >= 4 is 34.8 Å². The zero-order valence-electron chi connectivity index (χ0n) is 17.7. The lowest BCUT2D eigenvalue weighted by atomic mass is 9.94. The molecule has 3 aliphatic rings. The maximum Gasteiger partial charge on any atom is 0.259 e. The van der Waals surface area contributed by atoms with Gasteiger partial charge in [0.2, 0.25) is 5.95 Å². The summed E-state index contributed by atoms with van der Waals surface area (Å²) in [6, 6.07) is 7.51. The van der Waals surface area contributed by atoms with Crippen molar-refractivity contribution in [2.45, 2.75) is 25.0 Å². The number of nitrogens with zero attached hydrogens (tertiary/aromatic N) is 3. The summed E-state index contributed by atoms with van der Waals surface area (Å²) in [4.78, 5) is 25.1. The van der Waals surface area contributed by atoms with Crippen LogP contribution >= 0.6 is 22.9 Å². The van der Waals surface area contributed by atoms with Crippen molar-refractivity contribution in [3.8, 4) is 10.6 Å². The number of fused-ring (bicyclic) bond motifs is 2. The van der Waals surface area contributed by atoms with Crippen LogP contribution in [0.3, 0.4) is 0 Å². The van der Waals surface area contributed by atoms with Gasteiger partial charge < -0.3 is 19.7 Å². The average Bonchev–Trinajstić information content (AvgIpc) is 3.18. The first-order valence-electron chi connectivity index (χ1n) is 10.6. The summed E-state index contributed by atoms with van der Waals surface area (Å²) in [7, 11) is 0. The van der Waals surface area contributed by atoms with Crippen molar-refractivity contribution in [3.63, 3.8) is 0 Å². The highest BCUT2D eigenvalue weighted by Crippen LogP contribution is 2.52. The Labute approximate surface area is 198 Å². The fourth-order valence-electron chi connectivity index (χ4n) is 4.40. The van der Waals surface area contributed by atoms with Gasteiger partial charge in [0.25, 0.3) is 5.91 Å². The van der Waals surface area contributed by atoms with Gasteiger partial charge in [0.1, 0.15) is 5.54 Å². The Balaban J connectivity index is 1.38. The van der Waals surface area contributed by atoms with Crippen molar-refractivity contribution < 1.29 is 18.7 Å². The van der Waals surface area contributed by atoms with Gasteiger partial charge in [0.15, 0.2) is 5.82 Å². The molecule has 2 saturated heterocycles. The number of amides is 1. The predicted molar refractivity (Wildman–Crippen MR) is 122 cm³/mol. The van der Waals surface area contributed by atoms with Gasteiger partial charge in [-0.25, -0.2) is 14.4 Å². The molecule has 5 heterocycles. The monoisotopic (exact) mass is 486 g/mol. The lowest BCUT2D eigenvalue weighted by molar-refractivity contribution is -0.126. The van der Waals surface area contributed by atoms with Gasteiger partial charge in [-0.3, -0.25) is 4.79 Å². The number of halogens is 2. The highest BCUT2D eigenvalue weighted by atomic mass is 35.5. The minimum absolute atomic E-state index is 0.125. The van der Waals surface area contributed by atoms with Crippen LogP contribution in [0.4, 0.5) is 10.3 Å². The van der Waals surface area contributed by atoms with E-state index in [4.69, 9.17) is 21.1 Å². The van der Waals surface area contributed by atoms with E-state index in [0.717, 1.165) is 11.1 Å².